The molecule has 0 radical (unpaired) electrons. The van der Waals surface area contributed by atoms with Gasteiger partial charge >= 0.3 is 0 Å². The van der Waals surface area contributed by atoms with Gasteiger partial charge in [-0.2, -0.15) is 0 Å². The van der Waals surface area contributed by atoms with Gasteiger partial charge in [0.05, 0.1) is 11.4 Å². The molecule has 112 valence electrons. The summed E-state index contributed by atoms with van der Waals surface area (Å²) >= 11 is 3.42. The van der Waals surface area contributed by atoms with Crippen molar-refractivity contribution in [1.29, 1.82) is 0 Å². The number of anilines is 1. The normalized spacial score (nSPS) is 11.4. The summed E-state index contributed by atoms with van der Waals surface area (Å²) in [6.07, 6.45) is 0. The number of rotatable bonds is 4. The van der Waals surface area contributed by atoms with Gasteiger partial charge in [-0.15, -0.1) is 10.2 Å². The summed E-state index contributed by atoms with van der Waals surface area (Å²) in [6, 6.07) is 7.63. The molecule has 1 N–H and O–H groups in total. The van der Waals surface area contributed by atoms with E-state index >= 15 is 0 Å². The van der Waals surface area contributed by atoms with Crippen molar-refractivity contribution in [2.45, 2.75) is 31.4 Å². The summed E-state index contributed by atoms with van der Waals surface area (Å²) in [5, 5.41) is 11.2. The fraction of sp³-hybridized carbons (Fsp3) is 0.357. The average Bonchev–Trinajstić information content (AvgIpc) is 2.88. The van der Waals surface area contributed by atoms with Crippen LogP contribution in [0.4, 0.5) is 5.69 Å². The standard InChI is InChI=1S/C14H16IN3O2S/c1-14(2,3)12-17-18-13(20-12)21-8-11(19)16-10-7-5-4-6-9(10)15/h4-7H,8H2,1-3H3,(H,16,19). The minimum absolute atomic E-state index is 0.0976. The van der Waals surface area contributed by atoms with Gasteiger partial charge in [0.2, 0.25) is 11.8 Å². The predicted molar refractivity (Wildman–Crippen MR) is 91.5 cm³/mol. The van der Waals surface area contributed by atoms with Gasteiger partial charge in [-0.05, 0) is 34.7 Å². The molecule has 0 saturated heterocycles. The van der Waals surface area contributed by atoms with Crippen molar-refractivity contribution >= 4 is 45.9 Å². The molecule has 0 aliphatic carbocycles. The first-order valence-corrected chi connectivity index (χ1v) is 8.44. The van der Waals surface area contributed by atoms with E-state index < -0.39 is 0 Å². The van der Waals surface area contributed by atoms with Crippen LogP contribution in [0.15, 0.2) is 33.9 Å². The molecule has 0 spiro atoms. The lowest BCUT2D eigenvalue weighted by atomic mass is 9.97. The van der Waals surface area contributed by atoms with Gasteiger partial charge in [0.25, 0.3) is 5.22 Å². The Kier molecular flexibility index (Phi) is 5.26. The van der Waals surface area contributed by atoms with Crippen LogP contribution in [-0.2, 0) is 10.2 Å². The van der Waals surface area contributed by atoms with E-state index in [9.17, 15) is 4.79 Å². The van der Waals surface area contributed by atoms with E-state index in [0.717, 1.165) is 9.26 Å². The molecule has 0 atom stereocenters. The van der Waals surface area contributed by atoms with E-state index in [1.807, 2.05) is 45.0 Å². The molecule has 1 aromatic heterocycles. The number of benzene rings is 1. The zero-order valence-corrected chi connectivity index (χ0v) is 15.0. The highest BCUT2D eigenvalue weighted by Gasteiger charge is 2.21. The minimum atomic E-state index is -0.186. The number of amides is 1. The van der Waals surface area contributed by atoms with Gasteiger partial charge in [-0.25, -0.2) is 0 Å². The first-order chi connectivity index (χ1) is 9.86. The SMILES string of the molecule is CC(C)(C)c1nnc(SCC(=O)Nc2ccccc2I)o1. The van der Waals surface area contributed by atoms with Crippen LogP contribution < -0.4 is 5.32 Å². The largest absolute Gasteiger partial charge is 0.415 e. The molecule has 21 heavy (non-hydrogen) atoms. The Balaban J connectivity index is 1.90. The smallest absolute Gasteiger partial charge is 0.277 e. The summed E-state index contributed by atoms with van der Waals surface area (Å²) < 4.78 is 6.53. The van der Waals surface area contributed by atoms with Crippen molar-refractivity contribution in [2.75, 3.05) is 11.1 Å². The van der Waals surface area contributed by atoms with Crippen molar-refractivity contribution in [1.82, 2.24) is 10.2 Å². The maximum absolute atomic E-state index is 11.9. The fourth-order valence-electron chi connectivity index (χ4n) is 1.45. The molecule has 0 aliphatic rings. The highest BCUT2D eigenvalue weighted by atomic mass is 127. The number of hydrogen-bond acceptors (Lipinski definition) is 5. The molecule has 7 heteroatoms. The molecule has 0 saturated carbocycles. The first kappa shape index (κ1) is 16.3. The Labute approximate surface area is 141 Å². The summed E-state index contributed by atoms with van der Waals surface area (Å²) in [6.45, 7) is 6.00. The van der Waals surface area contributed by atoms with Gasteiger partial charge in [0.15, 0.2) is 0 Å². The number of para-hydroxylation sites is 1. The van der Waals surface area contributed by atoms with Crippen LogP contribution in [0, 0.1) is 3.57 Å². The Hall–Kier alpha value is -1.09. The maximum Gasteiger partial charge on any atom is 0.277 e. The molecule has 0 bridgehead atoms. The number of halogens is 1. The molecule has 5 nitrogen and oxygen atoms in total. The Bertz CT molecular complexity index is 637. The summed E-state index contributed by atoms with van der Waals surface area (Å²) in [4.78, 5) is 11.9. The molecule has 2 rings (SSSR count). The van der Waals surface area contributed by atoms with Crippen LogP contribution in [0.1, 0.15) is 26.7 Å². The molecule has 0 unspecified atom stereocenters. The van der Waals surface area contributed by atoms with Crippen LogP contribution >= 0.6 is 34.4 Å². The molecule has 0 aliphatic heterocycles. The summed E-state index contributed by atoms with van der Waals surface area (Å²) in [5.74, 6) is 0.708. The molecular formula is C14H16IN3O2S. The topological polar surface area (TPSA) is 68.0 Å². The van der Waals surface area contributed by atoms with Crippen molar-refractivity contribution < 1.29 is 9.21 Å². The molecular weight excluding hydrogens is 401 g/mol. The lowest BCUT2D eigenvalue weighted by molar-refractivity contribution is -0.113. The van der Waals surface area contributed by atoms with Gasteiger partial charge in [-0.3, -0.25) is 4.79 Å². The van der Waals surface area contributed by atoms with Crippen LogP contribution in [0.5, 0.6) is 0 Å². The molecule has 2 aromatic rings. The number of carbonyl (C=O) groups excluding carboxylic acids is 1. The Morgan fingerprint density at radius 1 is 1.33 bits per heavy atom. The zero-order chi connectivity index (χ0) is 15.5. The third-order valence-corrected chi connectivity index (χ3v) is 4.28. The number of aromatic nitrogens is 2. The van der Waals surface area contributed by atoms with E-state index in [1.165, 1.54) is 11.8 Å². The zero-order valence-electron chi connectivity index (χ0n) is 12.0. The van der Waals surface area contributed by atoms with E-state index in [-0.39, 0.29) is 17.1 Å². The molecule has 1 amide bonds. The van der Waals surface area contributed by atoms with E-state index in [4.69, 9.17) is 4.42 Å². The molecule has 1 aromatic carbocycles. The quantitative estimate of drug-likeness (QED) is 0.607. The van der Waals surface area contributed by atoms with Crippen LogP contribution in [0.3, 0.4) is 0 Å². The second-order valence-electron chi connectivity index (χ2n) is 5.44. The lowest BCUT2D eigenvalue weighted by Crippen LogP contribution is -2.14. The number of carbonyl (C=O) groups is 1. The third kappa shape index (κ3) is 4.70. The number of nitrogens with one attached hydrogen (secondary N) is 1. The van der Waals surface area contributed by atoms with Crippen molar-refractivity contribution in [3.63, 3.8) is 0 Å². The second-order valence-corrected chi connectivity index (χ2v) is 7.53. The highest BCUT2D eigenvalue weighted by Crippen LogP contribution is 2.25. The summed E-state index contributed by atoms with van der Waals surface area (Å²) in [7, 11) is 0. The van der Waals surface area contributed by atoms with Crippen LogP contribution in [0.2, 0.25) is 0 Å². The van der Waals surface area contributed by atoms with Crippen molar-refractivity contribution in [3.05, 3.63) is 33.7 Å². The van der Waals surface area contributed by atoms with Gasteiger partial charge in [0.1, 0.15) is 0 Å². The van der Waals surface area contributed by atoms with Crippen molar-refractivity contribution in [2.24, 2.45) is 0 Å². The average molecular weight is 417 g/mol. The Morgan fingerprint density at radius 2 is 2.05 bits per heavy atom. The van der Waals surface area contributed by atoms with Crippen LogP contribution in [-0.4, -0.2) is 21.9 Å². The number of nitrogens with zero attached hydrogens (tertiary/aromatic N) is 2. The van der Waals surface area contributed by atoms with Gasteiger partial charge in [-0.1, -0.05) is 44.7 Å². The number of thioether (sulfide) groups is 1. The Morgan fingerprint density at radius 3 is 2.67 bits per heavy atom. The van der Waals surface area contributed by atoms with Gasteiger partial charge < -0.3 is 9.73 Å². The highest BCUT2D eigenvalue weighted by molar-refractivity contribution is 14.1. The monoisotopic (exact) mass is 417 g/mol. The second kappa shape index (κ2) is 6.78. The molecule has 0 fully saturated rings. The van der Waals surface area contributed by atoms with E-state index in [0.29, 0.717) is 11.1 Å². The lowest BCUT2D eigenvalue weighted by Gasteiger charge is -2.10. The minimum Gasteiger partial charge on any atom is -0.415 e. The van der Waals surface area contributed by atoms with E-state index in [2.05, 4.69) is 38.1 Å². The van der Waals surface area contributed by atoms with Crippen LogP contribution in [0.25, 0.3) is 0 Å². The fourth-order valence-corrected chi connectivity index (χ4v) is 2.53. The summed E-state index contributed by atoms with van der Waals surface area (Å²) in [5.41, 5.74) is 0.624. The van der Waals surface area contributed by atoms with Crippen molar-refractivity contribution in [3.8, 4) is 0 Å². The molecule has 1 heterocycles. The predicted octanol–water partition coefficient (Wildman–Crippen LogP) is 3.70. The van der Waals surface area contributed by atoms with Gasteiger partial charge in [0, 0.05) is 8.99 Å². The maximum atomic E-state index is 11.9. The number of hydrogen-bond donors (Lipinski definition) is 1. The first-order valence-electron chi connectivity index (χ1n) is 6.37. The van der Waals surface area contributed by atoms with E-state index in [1.54, 1.807) is 0 Å². The third-order valence-electron chi connectivity index (χ3n) is 2.52.